The van der Waals surface area contributed by atoms with E-state index in [9.17, 15) is 22.6 Å². The molecule has 0 saturated heterocycles. The van der Waals surface area contributed by atoms with Gasteiger partial charge in [-0.3, -0.25) is 13.8 Å². The van der Waals surface area contributed by atoms with Crippen molar-refractivity contribution in [3.8, 4) is 0 Å². The monoisotopic (exact) mass is 380 g/mol. The SMILES string of the molecule is NC(=O)[C@H](CC[S@](=O)c1ccccc1)NC(=O)Cc1cc(F)cc(F)c1. The molecule has 5 nitrogen and oxygen atoms in total. The van der Waals surface area contributed by atoms with Gasteiger partial charge in [-0.25, -0.2) is 8.78 Å². The molecule has 3 N–H and O–H groups in total. The Bertz CT molecular complexity index is 795. The van der Waals surface area contributed by atoms with Gasteiger partial charge in [0.25, 0.3) is 0 Å². The molecule has 0 unspecified atom stereocenters. The number of carbonyl (C=O) groups excluding carboxylic acids is 2. The van der Waals surface area contributed by atoms with Gasteiger partial charge in [-0.15, -0.1) is 0 Å². The van der Waals surface area contributed by atoms with Gasteiger partial charge in [-0.1, -0.05) is 18.2 Å². The van der Waals surface area contributed by atoms with Crippen LogP contribution in [0.5, 0.6) is 0 Å². The normalized spacial score (nSPS) is 13.0. The van der Waals surface area contributed by atoms with Crippen LogP contribution in [0.4, 0.5) is 8.78 Å². The van der Waals surface area contributed by atoms with Crippen molar-refractivity contribution in [2.75, 3.05) is 5.75 Å². The molecule has 0 spiro atoms. The summed E-state index contributed by atoms with van der Waals surface area (Å²) in [5.41, 5.74) is 5.41. The smallest absolute Gasteiger partial charge is 0.240 e. The second-order valence-electron chi connectivity index (χ2n) is 5.63. The zero-order valence-electron chi connectivity index (χ0n) is 13.8. The molecule has 0 aromatic heterocycles. The molecule has 2 rings (SSSR count). The third kappa shape index (κ3) is 6.03. The molecule has 26 heavy (non-hydrogen) atoms. The average molecular weight is 380 g/mol. The number of nitrogens with one attached hydrogen (secondary N) is 1. The van der Waals surface area contributed by atoms with E-state index in [1.807, 2.05) is 0 Å². The summed E-state index contributed by atoms with van der Waals surface area (Å²) in [5, 5.41) is 2.42. The Morgan fingerprint density at radius 2 is 1.69 bits per heavy atom. The summed E-state index contributed by atoms with van der Waals surface area (Å²) in [4.78, 5) is 24.2. The summed E-state index contributed by atoms with van der Waals surface area (Å²) in [6.07, 6.45) is -0.222. The molecule has 0 bridgehead atoms. The summed E-state index contributed by atoms with van der Waals surface area (Å²) in [7, 11) is -1.34. The lowest BCUT2D eigenvalue weighted by Gasteiger charge is -2.15. The van der Waals surface area contributed by atoms with Crippen LogP contribution in [-0.4, -0.2) is 27.8 Å². The fraction of sp³-hybridized carbons (Fsp3) is 0.222. The van der Waals surface area contributed by atoms with E-state index < -0.39 is 40.3 Å². The molecule has 2 amide bonds. The molecular weight excluding hydrogens is 362 g/mol. The molecule has 0 aliphatic carbocycles. The number of hydrogen-bond acceptors (Lipinski definition) is 3. The fourth-order valence-electron chi connectivity index (χ4n) is 2.34. The van der Waals surface area contributed by atoms with E-state index in [1.54, 1.807) is 30.3 Å². The van der Waals surface area contributed by atoms with Crippen LogP contribution in [0, 0.1) is 11.6 Å². The van der Waals surface area contributed by atoms with Crippen molar-refractivity contribution in [3.63, 3.8) is 0 Å². The molecule has 2 aromatic carbocycles. The van der Waals surface area contributed by atoms with Gasteiger partial charge in [-0.2, -0.15) is 0 Å². The van der Waals surface area contributed by atoms with E-state index >= 15 is 0 Å². The standard InChI is InChI=1S/C18H18F2N2O3S/c19-13-8-12(9-14(20)11-13)10-17(23)22-16(18(21)24)6-7-26(25)15-4-2-1-3-5-15/h1-5,8-9,11,16H,6-7,10H2,(H2,21,24)(H,22,23)/t16-,26-/m0/s1. The van der Waals surface area contributed by atoms with Gasteiger partial charge in [0.2, 0.25) is 11.8 Å². The van der Waals surface area contributed by atoms with Crippen molar-refractivity contribution >= 4 is 22.6 Å². The number of halogens is 2. The Morgan fingerprint density at radius 3 is 2.27 bits per heavy atom. The Kier molecular flexibility index (Phi) is 6.97. The van der Waals surface area contributed by atoms with E-state index in [-0.39, 0.29) is 24.2 Å². The quantitative estimate of drug-likeness (QED) is 0.730. The Morgan fingerprint density at radius 1 is 1.08 bits per heavy atom. The second-order valence-corrected chi connectivity index (χ2v) is 7.20. The largest absolute Gasteiger partial charge is 0.368 e. The maximum absolute atomic E-state index is 13.2. The zero-order valence-corrected chi connectivity index (χ0v) is 14.6. The predicted molar refractivity (Wildman–Crippen MR) is 93.5 cm³/mol. The second kappa shape index (κ2) is 9.19. The van der Waals surface area contributed by atoms with Gasteiger partial charge in [0.1, 0.15) is 17.7 Å². The van der Waals surface area contributed by atoms with Crippen LogP contribution in [0.3, 0.4) is 0 Å². The third-order valence-electron chi connectivity index (χ3n) is 3.56. The Labute approximate surface area is 152 Å². The van der Waals surface area contributed by atoms with E-state index in [1.165, 1.54) is 0 Å². The predicted octanol–water partition coefficient (Wildman–Crippen LogP) is 1.68. The van der Waals surface area contributed by atoms with E-state index in [2.05, 4.69) is 5.32 Å². The lowest BCUT2D eigenvalue weighted by atomic mass is 10.1. The van der Waals surface area contributed by atoms with Crippen LogP contribution >= 0.6 is 0 Å². The summed E-state index contributed by atoms with van der Waals surface area (Å²) in [5.74, 6) is -2.83. The first-order valence-corrected chi connectivity index (χ1v) is 9.14. The van der Waals surface area contributed by atoms with Gasteiger partial charge < -0.3 is 11.1 Å². The van der Waals surface area contributed by atoms with Crippen molar-refractivity contribution in [3.05, 3.63) is 65.7 Å². The average Bonchev–Trinajstić information content (AvgIpc) is 2.57. The number of amides is 2. The van der Waals surface area contributed by atoms with Crippen LogP contribution < -0.4 is 11.1 Å². The fourth-order valence-corrected chi connectivity index (χ4v) is 3.49. The molecular formula is C18H18F2N2O3S. The zero-order chi connectivity index (χ0) is 19.1. The molecule has 0 heterocycles. The topological polar surface area (TPSA) is 89.3 Å². The first kappa shape index (κ1) is 19.7. The van der Waals surface area contributed by atoms with Gasteiger partial charge in [0.05, 0.1) is 17.2 Å². The van der Waals surface area contributed by atoms with Crippen molar-refractivity contribution in [2.45, 2.75) is 23.8 Å². The maximum Gasteiger partial charge on any atom is 0.240 e. The van der Waals surface area contributed by atoms with Crippen molar-refractivity contribution in [1.29, 1.82) is 0 Å². The first-order valence-electron chi connectivity index (χ1n) is 7.82. The minimum atomic E-state index is -1.34. The molecule has 2 atom stereocenters. The minimum absolute atomic E-state index is 0.0834. The number of primary amides is 1. The number of nitrogens with two attached hydrogens (primary N) is 1. The highest BCUT2D eigenvalue weighted by Crippen LogP contribution is 2.10. The highest BCUT2D eigenvalue weighted by Gasteiger charge is 2.20. The van der Waals surface area contributed by atoms with E-state index in [0.29, 0.717) is 11.0 Å². The van der Waals surface area contributed by atoms with Crippen LogP contribution in [0.1, 0.15) is 12.0 Å². The molecule has 2 aromatic rings. The van der Waals surface area contributed by atoms with Crippen LogP contribution in [0.25, 0.3) is 0 Å². The number of carbonyl (C=O) groups is 2. The number of hydrogen-bond donors (Lipinski definition) is 2. The van der Waals surface area contributed by atoms with E-state index in [4.69, 9.17) is 5.73 Å². The third-order valence-corrected chi connectivity index (χ3v) is 4.97. The van der Waals surface area contributed by atoms with Crippen LogP contribution in [0.2, 0.25) is 0 Å². The van der Waals surface area contributed by atoms with Crippen molar-refractivity contribution < 1.29 is 22.6 Å². The molecule has 0 aliphatic rings. The molecule has 0 radical (unpaired) electrons. The number of rotatable bonds is 8. The summed E-state index contributed by atoms with van der Waals surface area (Å²) in [6.45, 7) is 0. The minimum Gasteiger partial charge on any atom is -0.368 e. The summed E-state index contributed by atoms with van der Waals surface area (Å²) >= 11 is 0. The van der Waals surface area contributed by atoms with Gasteiger partial charge in [0, 0.05) is 16.7 Å². The Hall–Kier alpha value is -2.61. The lowest BCUT2D eigenvalue weighted by Crippen LogP contribution is -2.45. The highest BCUT2D eigenvalue weighted by atomic mass is 32.2. The van der Waals surface area contributed by atoms with Gasteiger partial charge >= 0.3 is 0 Å². The van der Waals surface area contributed by atoms with Crippen LogP contribution in [-0.2, 0) is 26.8 Å². The molecule has 0 fully saturated rings. The van der Waals surface area contributed by atoms with Gasteiger partial charge in [0.15, 0.2) is 0 Å². The summed E-state index contributed by atoms with van der Waals surface area (Å²) < 4.78 is 38.5. The van der Waals surface area contributed by atoms with Crippen LogP contribution in [0.15, 0.2) is 53.4 Å². The number of benzene rings is 2. The maximum atomic E-state index is 13.2. The highest BCUT2D eigenvalue weighted by molar-refractivity contribution is 7.85. The van der Waals surface area contributed by atoms with Crippen molar-refractivity contribution in [1.82, 2.24) is 5.32 Å². The lowest BCUT2D eigenvalue weighted by molar-refractivity contribution is -0.127. The summed E-state index contributed by atoms with van der Waals surface area (Å²) in [6, 6.07) is 10.4. The molecule has 0 aliphatic heterocycles. The van der Waals surface area contributed by atoms with Crippen molar-refractivity contribution in [2.24, 2.45) is 5.73 Å². The molecule has 8 heteroatoms. The molecule has 138 valence electrons. The van der Waals surface area contributed by atoms with Gasteiger partial charge in [-0.05, 0) is 36.2 Å². The Balaban J connectivity index is 1.93. The van der Waals surface area contributed by atoms with E-state index in [0.717, 1.165) is 12.1 Å². The molecule has 0 saturated carbocycles. The first-order chi connectivity index (χ1) is 12.3.